The number of ether oxygens (including phenoxy) is 1. The second-order valence-corrected chi connectivity index (χ2v) is 7.67. The summed E-state index contributed by atoms with van der Waals surface area (Å²) in [6, 6.07) is 11.5. The Morgan fingerprint density at radius 2 is 2.04 bits per heavy atom. The van der Waals surface area contributed by atoms with Crippen LogP contribution in [-0.4, -0.2) is 43.5 Å². The fourth-order valence-corrected chi connectivity index (χ4v) is 3.97. The maximum Gasteiger partial charge on any atom is 0.187 e. The van der Waals surface area contributed by atoms with Crippen molar-refractivity contribution in [1.29, 1.82) is 0 Å². The van der Waals surface area contributed by atoms with E-state index in [-0.39, 0.29) is 11.8 Å². The molecule has 3 rings (SSSR count). The summed E-state index contributed by atoms with van der Waals surface area (Å²) in [5, 5.41) is 6.15. The highest BCUT2D eigenvalue weighted by molar-refractivity contribution is 7.10. The number of benzene rings is 1. The van der Waals surface area contributed by atoms with Gasteiger partial charge >= 0.3 is 0 Å². The van der Waals surface area contributed by atoms with Crippen LogP contribution in [0.3, 0.4) is 0 Å². The van der Waals surface area contributed by atoms with Gasteiger partial charge in [-0.1, -0.05) is 17.7 Å². The maximum absolute atomic E-state index is 12.4. The summed E-state index contributed by atoms with van der Waals surface area (Å²) in [6.45, 7) is 6.08. The second kappa shape index (κ2) is 9.33. The first-order valence-corrected chi connectivity index (χ1v) is 9.96. The number of ketones is 1. The van der Waals surface area contributed by atoms with E-state index < -0.39 is 0 Å². The number of rotatable bonds is 7. The molecule has 1 saturated heterocycles. The lowest BCUT2D eigenvalue weighted by atomic mass is 10.1. The molecule has 1 aliphatic heterocycles. The third-order valence-corrected chi connectivity index (χ3v) is 5.63. The average Bonchev–Trinajstić information content (AvgIpc) is 3.17. The van der Waals surface area contributed by atoms with Crippen LogP contribution in [-0.2, 0) is 4.74 Å². The molecule has 1 aromatic heterocycles. The van der Waals surface area contributed by atoms with E-state index in [0.717, 1.165) is 38.5 Å². The monoisotopic (exact) mass is 390 g/mol. The third-order valence-electron chi connectivity index (χ3n) is 4.41. The summed E-state index contributed by atoms with van der Waals surface area (Å²) in [5.74, 6) is -0.0225. The molecule has 0 spiro atoms. The van der Waals surface area contributed by atoms with Crippen molar-refractivity contribution < 1.29 is 9.53 Å². The predicted molar refractivity (Wildman–Crippen MR) is 107 cm³/mol. The van der Waals surface area contributed by atoms with Crippen molar-refractivity contribution in [2.45, 2.75) is 13.0 Å². The number of halogens is 1. The maximum atomic E-state index is 12.4. The Hall–Kier alpha value is -1.66. The molecule has 1 fully saturated rings. The first-order valence-electron chi connectivity index (χ1n) is 8.71. The van der Waals surface area contributed by atoms with Crippen LogP contribution in [0.15, 0.2) is 53.6 Å². The van der Waals surface area contributed by atoms with Crippen molar-refractivity contribution in [1.82, 2.24) is 10.2 Å². The zero-order valence-corrected chi connectivity index (χ0v) is 16.4. The van der Waals surface area contributed by atoms with Crippen molar-refractivity contribution in [3.8, 4) is 0 Å². The Balaban J connectivity index is 1.64. The molecule has 1 atom stereocenters. The molecular formula is C20H23ClN2O2S. The van der Waals surface area contributed by atoms with Gasteiger partial charge in [0.25, 0.3) is 0 Å². The van der Waals surface area contributed by atoms with Crippen LogP contribution < -0.4 is 5.32 Å². The van der Waals surface area contributed by atoms with Gasteiger partial charge in [0.2, 0.25) is 0 Å². The third kappa shape index (κ3) is 5.17. The van der Waals surface area contributed by atoms with Gasteiger partial charge in [0.15, 0.2) is 5.78 Å². The lowest BCUT2D eigenvalue weighted by molar-refractivity contribution is 0.0173. The molecule has 0 saturated carbocycles. The minimum atomic E-state index is -0.0225. The molecule has 138 valence electrons. The molecular weight excluding hydrogens is 368 g/mol. The first-order chi connectivity index (χ1) is 12.6. The average molecular weight is 391 g/mol. The van der Waals surface area contributed by atoms with E-state index in [1.54, 1.807) is 41.7 Å². The zero-order chi connectivity index (χ0) is 18.4. The fraction of sp³-hybridized carbons (Fsp3) is 0.350. The van der Waals surface area contributed by atoms with Crippen LogP contribution in [0.1, 0.15) is 28.2 Å². The van der Waals surface area contributed by atoms with Crippen molar-refractivity contribution in [2.75, 3.05) is 32.8 Å². The van der Waals surface area contributed by atoms with Crippen molar-refractivity contribution in [2.24, 2.45) is 0 Å². The van der Waals surface area contributed by atoms with E-state index in [0.29, 0.717) is 10.6 Å². The van der Waals surface area contributed by atoms with Gasteiger partial charge in [-0.3, -0.25) is 9.69 Å². The Bertz CT molecular complexity index is 738. The summed E-state index contributed by atoms with van der Waals surface area (Å²) in [7, 11) is 0. The minimum Gasteiger partial charge on any atom is -0.387 e. The number of morpholine rings is 1. The van der Waals surface area contributed by atoms with Gasteiger partial charge in [0.05, 0.1) is 19.3 Å². The highest BCUT2D eigenvalue weighted by atomic mass is 35.5. The summed E-state index contributed by atoms with van der Waals surface area (Å²) < 4.78 is 5.48. The number of nitrogens with zero attached hydrogens (tertiary/aromatic N) is 1. The summed E-state index contributed by atoms with van der Waals surface area (Å²) in [4.78, 5) is 16.1. The van der Waals surface area contributed by atoms with Gasteiger partial charge in [0, 0.05) is 46.9 Å². The van der Waals surface area contributed by atoms with E-state index in [1.165, 1.54) is 4.88 Å². The van der Waals surface area contributed by atoms with Crippen LogP contribution in [0.4, 0.5) is 0 Å². The Kier molecular flexibility index (Phi) is 6.86. The molecule has 0 amide bonds. The fourth-order valence-electron chi connectivity index (χ4n) is 2.98. The quantitative estimate of drug-likeness (QED) is 0.569. The van der Waals surface area contributed by atoms with Gasteiger partial charge in [-0.2, -0.15) is 0 Å². The molecule has 4 nitrogen and oxygen atoms in total. The van der Waals surface area contributed by atoms with Crippen LogP contribution in [0.25, 0.3) is 0 Å². The number of carbonyl (C=O) groups is 1. The number of hydrogen-bond acceptors (Lipinski definition) is 5. The molecule has 1 aromatic carbocycles. The summed E-state index contributed by atoms with van der Waals surface area (Å²) >= 11 is 7.64. The van der Waals surface area contributed by atoms with Gasteiger partial charge in [-0.25, -0.2) is 0 Å². The van der Waals surface area contributed by atoms with E-state index >= 15 is 0 Å². The largest absolute Gasteiger partial charge is 0.387 e. The van der Waals surface area contributed by atoms with Gasteiger partial charge in [-0.15, -0.1) is 11.3 Å². The van der Waals surface area contributed by atoms with E-state index in [1.807, 2.05) is 6.92 Å². The van der Waals surface area contributed by atoms with Crippen molar-refractivity contribution in [3.63, 3.8) is 0 Å². The molecule has 1 unspecified atom stereocenters. The van der Waals surface area contributed by atoms with Gasteiger partial charge in [0.1, 0.15) is 0 Å². The Morgan fingerprint density at radius 3 is 2.69 bits per heavy atom. The first kappa shape index (κ1) is 19.1. The van der Waals surface area contributed by atoms with Crippen LogP contribution in [0.2, 0.25) is 5.02 Å². The summed E-state index contributed by atoms with van der Waals surface area (Å²) in [6.07, 6.45) is 1.65. The smallest absolute Gasteiger partial charge is 0.187 e. The molecule has 26 heavy (non-hydrogen) atoms. The molecule has 0 radical (unpaired) electrons. The van der Waals surface area contributed by atoms with Crippen LogP contribution in [0.5, 0.6) is 0 Å². The number of thiophene rings is 1. The molecule has 0 aliphatic carbocycles. The highest BCUT2D eigenvalue weighted by Gasteiger charge is 2.23. The molecule has 1 aliphatic rings. The molecule has 0 bridgehead atoms. The van der Waals surface area contributed by atoms with Gasteiger partial charge < -0.3 is 10.1 Å². The number of hydrogen-bond donors (Lipinski definition) is 1. The summed E-state index contributed by atoms with van der Waals surface area (Å²) in [5.41, 5.74) is 1.50. The van der Waals surface area contributed by atoms with Crippen molar-refractivity contribution >= 4 is 28.7 Å². The number of nitrogens with one attached hydrogen (secondary N) is 1. The van der Waals surface area contributed by atoms with Crippen LogP contribution >= 0.6 is 22.9 Å². The molecule has 6 heteroatoms. The molecule has 1 N–H and O–H groups in total. The second-order valence-electron chi connectivity index (χ2n) is 6.26. The van der Waals surface area contributed by atoms with E-state index in [2.05, 4.69) is 27.7 Å². The van der Waals surface area contributed by atoms with Crippen molar-refractivity contribution in [3.05, 3.63) is 69.0 Å². The zero-order valence-electron chi connectivity index (χ0n) is 14.8. The molecule has 2 heterocycles. The standard InChI is InChI=1S/C20H23ClN2O2S/c1-15(13-19(24)16-4-6-17(21)7-5-16)22-14-18(20-3-2-12-26-20)23-8-10-25-11-9-23/h2-7,12-13,18,22H,8-11,14H2,1H3. The SMILES string of the molecule is CC(=CC(=O)c1ccc(Cl)cc1)NCC(c1cccs1)N1CCOCC1. The Labute approximate surface area is 163 Å². The number of carbonyl (C=O) groups excluding carboxylic acids is 1. The predicted octanol–water partition coefficient (Wildman–Crippen LogP) is 4.15. The van der Waals surface area contributed by atoms with E-state index in [4.69, 9.17) is 16.3 Å². The van der Waals surface area contributed by atoms with E-state index in [9.17, 15) is 4.79 Å². The Morgan fingerprint density at radius 1 is 1.31 bits per heavy atom. The number of allylic oxidation sites excluding steroid dienone is 2. The topological polar surface area (TPSA) is 41.6 Å². The lowest BCUT2D eigenvalue weighted by Gasteiger charge is -2.34. The normalized spacial score (nSPS) is 17.1. The minimum absolute atomic E-state index is 0.0225. The molecule has 2 aromatic rings. The van der Waals surface area contributed by atoms with Crippen LogP contribution in [0, 0.1) is 0 Å². The highest BCUT2D eigenvalue weighted by Crippen LogP contribution is 2.25. The van der Waals surface area contributed by atoms with Gasteiger partial charge in [-0.05, 0) is 42.6 Å². The lowest BCUT2D eigenvalue weighted by Crippen LogP contribution is -2.42.